The van der Waals surface area contributed by atoms with Gasteiger partial charge in [-0.15, -0.1) is 0 Å². The van der Waals surface area contributed by atoms with E-state index in [1.807, 2.05) is 0 Å². The molecule has 1 heterocycles. The first-order valence-corrected chi connectivity index (χ1v) is 11.0. The third kappa shape index (κ3) is 9.94. The Kier molecular flexibility index (Phi) is 13.4. The van der Waals surface area contributed by atoms with E-state index in [0.29, 0.717) is 19.5 Å². The Morgan fingerprint density at radius 2 is 1.89 bits per heavy atom. The molecule has 0 amide bonds. The third-order valence-electron chi connectivity index (χ3n) is 4.73. The van der Waals surface area contributed by atoms with Crippen LogP contribution in [0.5, 0.6) is 0 Å². The quantitative estimate of drug-likeness (QED) is 0.139. The minimum absolute atomic E-state index is 0. The summed E-state index contributed by atoms with van der Waals surface area (Å²) < 4.78 is 32.6. The summed E-state index contributed by atoms with van der Waals surface area (Å²) in [6.45, 7) is 2.77. The maximum absolute atomic E-state index is 12.6. The molecule has 152 valence electrons. The van der Waals surface area contributed by atoms with Crippen LogP contribution in [0.4, 0.5) is 0 Å². The van der Waals surface area contributed by atoms with Crippen molar-refractivity contribution in [1.29, 1.82) is 0 Å². The summed E-state index contributed by atoms with van der Waals surface area (Å²) in [5, 5.41) is 19.4. The maximum Gasteiger partial charge on any atom is 1.00 e. The molecule has 0 aliphatic carbocycles. The van der Waals surface area contributed by atoms with Crippen LogP contribution in [0.1, 0.15) is 51.9 Å². The molecule has 0 fully saturated rings. The number of carbonyl (C=O) groups excluding carboxylic acids is 1. The molecule has 10 heteroatoms. The van der Waals surface area contributed by atoms with Crippen molar-refractivity contribution in [2.45, 2.75) is 58.0 Å². The van der Waals surface area contributed by atoms with Crippen molar-refractivity contribution in [3.05, 3.63) is 0 Å². The predicted molar refractivity (Wildman–Crippen MR) is 97.8 cm³/mol. The van der Waals surface area contributed by atoms with Crippen molar-refractivity contribution in [2.24, 2.45) is 4.99 Å². The van der Waals surface area contributed by atoms with Crippen LogP contribution in [0.3, 0.4) is 0 Å². The summed E-state index contributed by atoms with van der Waals surface area (Å²) >= 11 is 0. The molecule has 2 unspecified atom stereocenters. The molecule has 0 bridgehead atoms. The number of amidine groups is 1. The molecule has 2 N–H and O–H groups in total. The maximum atomic E-state index is 12.6. The van der Waals surface area contributed by atoms with E-state index in [-0.39, 0.29) is 65.4 Å². The topological polar surface area (TPSA) is 127 Å². The van der Waals surface area contributed by atoms with E-state index < -0.39 is 22.0 Å². The summed E-state index contributed by atoms with van der Waals surface area (Å²) in [4.78, 5) is 16.9. The van der Waals surface area contributed by atoms with Crippen molar-refractivity contribution >= 4 is 21.7 Å². The molecule has 2 atom stereocenters. The van der Waals surface area contributed by atoms with Crippen molar-refractivity contribution in [2.75, 3.05) is 38.5 Å². The zero-order valence-corrected chi connectivity index (χ0v) is 19.4. The van der Waals surface area contributed by atoms with Gasteiger partial charge in [0.2, 0.25) is 5.78 Å². The number of rotatable bonds is 14. The van der Waals surface area contributed by atoms with Gasteiger partial charge in [0.25, 0.3) is 5.84 Å². The number of aliphatic hydroxyl groups is 2. The Labute approximate surface area is 184 Å². The fourth-order valence-corrected chi connectivity index (χ4v) is 4.08. The minimum Gasteiger partial charge on any atom is -0.748 e. The summed E-state index contributed by atoms with van der Waals surface area (Å²) in [7, 11) is -4.57. The standard InChI is InChI=1S/C17H32N2O6S.Na/c1-2-3-4-5-6-7-8-16(22)17-18-9-10-19(17,11-12-20)13-15(21)14-26(23,24)25;/h15,20-21H,2-14H2,1H3;/q;+1. The molecule has 0 aromatic carbocycles. The van der Waals surface area contributed by atoms with Gasteiger partial charge in [0.05, 0.1) is 29.0 Å². The molecule has 27 heavy (non-hydrogen) atoms. The van der Waals surface area contributed by atoms with E-state index in [0.717, 1.165) is 32.1 Å². The monoisotopic (exact) mass is 415 g/mol. The molecule has 0 saturated carbocycles. The fraction of sp³-hybridized carbons (Fsp3) is 0.882. The average Bonchev–Trinajstić information content (AvgIpc) is 2.92. The van der Waals surface area contributed by atoms with Gasteiger partial charge in [-0.25, -0.2) is 13.4 Å². The van der Waals surface area contributed by atoms with Gasteiger partial charge < -0.3 is 14.8 Å². The van der Waals surface area contributed by atoms with Crippen LogP contribution in [0.2, 0.25) is 0 Å². The molecule has 0 aromatic rings. The van der Waals surface area contributed by atoms with Gasteiger partial charge in [0.1, 0.15) is 25.7 Å². The second-order valence-corrected chi connectivity index (χ2v) is 8.47. The van der Waals surface area contributed by atoms with E-state index in [4.69, 9.17) is 0 Å². The fourth-order valence-electron chi connectivity index (χ4n) is 3.50. The SMILES string of the molecule is CCCCCCCCC(=O)C1=NCC[N+]1(CCO)CC(O)CS(=O)(=O)[O-].[Na+]. The summed E-state index contributed by atoms with van der Waals surface area (Å²) in [6.07, 6.45) is 5.29. The van der Waals surface area contributed by atoms with Gasteiger partial charge in [-0.3, -0.25) is 9.28 Å². The molecule has 0 saturated heterocycles. The normalized spacial score (nSPS) is 20.8. The van der Waals surface area contributed by atoms with Crippen LogP contribution in [-0.4, -0.2) is 83.9 Å². The molecular weight excluding hydrogens is 383 g/mol. The molecule has 8 nitrogen and oxygen atoms in total. The molecule has 1 aliphatic rings. The molecule has 0 radical (unpaired) electrons. The summed E-state index contributed by atoms with van der Waals surface area (Å²) in [5.74, 6) is -0.740. The first-order chi connectivity index (χ1) is 12.2. The van der Waals surface area contributed by atoms with E-state index >= 15 is 0 Å². The predicted octanol–water partition coefficient (Wildman–Crippen LogP) is -2.56. The number of aliphatic imine (C=N–C) groups is 1. The Balaban J connectivity index is 0.00000676. The van der Waals surface area contributed by atoms with Gasteiger partial charge in [-0.1, -0.05) is 39.0 Å². The zero-order chi connectivity index (χ0) is 19.6. The number of nitrogens with zero attached hydrogens (tertiary/aromatic N) is 2. The zero-order valence-electron chi connectivity index (χ0n) is 16.6. The van der Waals surface area contributed by atoms with Crippen LogP contribution in [0, 0.1) is 0 Å². The number of Topliss-reactive ketones (excluding diaryl/α,β-unsaturated/α-hetero) is 1. The number of hydrogen-bond donors (Lipinski definition) is 2. The Hall–Kier alpha value is 0.130. The van der Waals surface area contributed by atoms with Crippen molar-refractivity contribution < 1.29 is 62.0 Å². The molecule has 0 spiro atoms. The van der Waals surface area contributed by atoms with Crippen molar-refractivity contribution in [3.8, 4) is 0 Å². The number of hydrogen-bond acceptors (Lipinski definition) is 7. The summed E-state index contributed by atoms with van der Waals surface area (Å²) in [6, 6.07) is 0. The van der Waals surface area contributed by atoms with Gasteiger partial charge in [-0.05, 0) is 6.42 Å². The van der Waals surface area contributed by atoms with Crippen molar-refractivity contribution in [1.82, 2.24) is 0 Å². The molecule has 1 rings (SSSR count). The molecule has 1 aliphatic heterocycles. The Bertz CT molecular complexity index is 584. The first-order valence-electron chi connectivity index (χ1n) is 9.41. The number of aliphatic hydroxyl groups excluding tert-OH is 2. The van der Waals surface area contributed by atoms with E-state index in [2.05, 4.69) is 11.9 Å². The summed E-state index contributed by atoms with van der Waals surface area (Å²) in [5.41, 5.74) is 0. The Morgan fingerprint density at radius 1 is 1.26 bits per heavy atom. The Morgan fingerprint density at radius 3 is 2.48 bits per heavy atom. The molecular formula is C17H32N2NaO6S+. The second-order valence-electron chi connectivity index (χ2n) is 7.02. The van der Waals surface area contributed by atoms with Crippen LogP contribution in [-0.2, 0) is 14.9 Å². The number of ketones is 1. The molecule has 0 aromatic heterocycles. The van der Waals surface area contributed by atoms with Crippen molar-refractivity contribution in [3.63, 3.8) is 0 Å². The van der Waals surface area contributed by atoms with Crippen LogP contribution in [0.15, 0.2) is 4.99 Å². The third-order valence-corrected chi connectivity index (χ3v) is 5.52. The van der Waals surface area contributed by atoms with Gasteiger partial charge in [-0.2, -0.15) is 0 Å². The van der Waals surface area contributed by atoms with Crippen LogP contribution in [0.25, 0.3) is 0 Å². The van der Waals surface area contributed by atoms with Gasteiger partial charge in [0, 0.05) is 6.42 Å². The smallest absolute Gasteiger partial charge is 0.748 e. The van der Waals surface area contributed by atoms with Gasteiger partial charge in [0.15, 0.2) is 0 Å². The number of unbranched alkanes of at least 4 members (excludes halogenated alkanes) is 5. The van der Waals surface area contributed by atoms with E-state index in [1.165, 1.54) is 6.42 Å². The largest absolute Gasteiger partial charge is 1.00 e. The minimum atomic E-state index is -4.57. The second kappa shape index (κ2) is 13.4. The van der Waals surface area contributed by atoms with E-state index in [1.54, 1.807) is 0 Å². The average molecular weight is 416 g/mol. The first kappa shape index (κ1) is 27.1. The van der Waals surface area contributed by atoms with Crippen LogP contribution < -0.4 is 29.6 Å². The van der Waals surface area contributed by atoms with Gasteiger partial charge >= 0.3 is 29.6 Å². The van der Waals surface area contributed by atoms with Crippen LogP contribution >= 0.6 is 0 Å². The number of carbonyl (C=O) groups is 1. The van der Waals surface area contributed by atoms with E-state index in [9.17, 15) is 28.0 Å². The number of quaternary nitrogens is 1.